The summed E-state index contributed by atoms with van der Waals surface area (Å²) in [4.78, 5) is 0. The molecule has 0 bridgehead atoms. The molecule has 154 valence electrons. The van der Waals surface area contributed by atoms with E-state index in [1.54, 1.807) is 0 Å². The predicted molar refractivity (Wildman–Crippen MR) is 140 cm³/mol. The first kappa shape index (κ1) is 14.7. The number of hydrogen-bond acceptors (Lipinski definition) is 1. The summed E-state index contributed by atoms with van der Waals surface area (Å²) in [6, 6.07) is 32.4. The second-order valence-electron chi connectivity index (χ2n) is 8.22. The van der Waals surface area contributed by atoms with Crippen molar-refractivity contribution in [2.75, 3.05) is 0 Å². The predicted octanol–water partition coefficient (Wildman–Crippen LogP) is 9.23. The molecule has 0 amide bonds. The highest BCUT2D eigenvalue weighted by atomic mass is 16.3. The number of para-hydroxylation sites is 1. The average Bonchev–Trinajstić information content (AvgIpc) is 3.33. The van der Waals surface area contributed by atoms with Crippen LogP contribution in [0.15, 0.2) is 126 Å². The first-order valence-corrected chi connectivity index (χ1v) is 11.0. The quantitative estimate of drug-likeness (QED) is 0.252. The summed E-state index contributed by atoms with van der Waals surface area (Å²) in [5, 5.41) is 5.67. The van der Waals surface area contributed by atoms with E-state index < -0.39 is 0 Å². The summed E-state index contributed by atoms with van der Waals surface area (Å²) < 4.78 is 38.9. The Balaban J connectivity index is 1.59. The molecule has 7 aromatic rings. The molecule has 0 saturated heterocycles. The molecule has 0 unspecified atom stereocenters. The van der Waals surface area contributed by atoms with E-state index >= 15 is 0 Å². The van der Waals surface area contributed by atoms with Crippen LogP contribution in [0.1, 0.15) is 5.48 Å². The van der Waals surface area contributed by atoms with Gasteiger partial charge in [-0.2, -0.15) is 0 Å². The topological polar surface area (TPSA) is 13.1 Å². The third-order valence-corrected chi connectivity index (χ3v) is 6.40. The fourth-order valence-corrected chi connectivity index (χ4v) is 5.00. The molecule has 1 heterocycles. The molecule has 6 aromatic carbocycles. The van der Waals surface area contributed by atoms with Crippen molar-refractivity contribution >= 4 is 43.5 Å². The van der Waals surface area contributed by atoms with Crippen LogP contribution in [0.5, 0.6) is 0 Å². The maximum Gasteiger partial charge on any atom is 0.136 e. The Morgan fingerprint density at radius 2 is 1.03 bits per heavy atom. The lowest BCUT2D eigenvalue weighted by Crippen LogP contribution is -1.90. The minimum absolute atomic E-state index is 0.0781. The zero-order chi connectivity index (χ0) is 25.3. The van der Waals surface area contributed by atoms with Gasteiger partial charge in [0.05, 0.1) is 5.48 Å². The number of rotatable bonds is 2. The SMILES string of the molecule is [2H]c1c([2H])c([2H])c2c(oc3cc(-c4c5ccccc5c(-c5ccccc5)c5ccccc45)ccc32)c1[2H]. The van der Waals surface area contributed by atoms with Crippen LogP contribution in [0.3, 0.4) is 0 Å². The van der Waals surface area contributed by atoms with Gasteiger partial charge in [-0.25, -0.2) is 0 Å². The molecule has 0 saturated carbocycles. The monoisotopic (exact) mass is 424 g/mol. The van der Waals surface area contributed by atoms with Crippen LogP contribution in [-0.2, 0) is 0 Å². The van der Waals surface area contributed by atoms with Crippen molar-refractivity contribution in [2.24, 2.45) is 0 Å². The number of fused-ring (bicyclic) bond motifs is 5. The Morgan fingerprint density at radius 3 is 1.70 bits per heavy atom. The van der Waals surface area contributed by atoms with E-state index in [9.17, 15) is 0 Å². The third-order valence-electron chi connectivity index (χ3n) is 6.40. The molecule has 0 radical (unpaired) electrons. The van der Waals surface area contributed by atoms with E-state index in [4.69, 9.17) is 9.90 Å². The van der Waals surface area contributed by atoms with Crippen LogP contribution in [0, 0.1) is 0 Å². The maximum absolute atomic E-state index is 8.41. The summed E-state index contributed by atoms with van der Waals surface area (Å²) >= 11 is 0. The van der Waals surface area contributed by atoms with Gasteiger partial charge in [-0.1, -0.05) is 103 Å². The highest BCUT2D eigenvalue weighted by Gasteiger charge is 2.17. The lowest BCUT2D eigenvalue weighted by molar-refractivity contribution is 0.669. The van der Waals surface area contributed by atoms with Gasteiger partial charge in [0.25, 0.3) is 0 Å². The molecule has 0 aliphatic carbocycles. The molecule has 7 rings (SSSR count). The van der Waals surface area contributed by atoms with Gasteiger partial charge >= 0.3 is 0 Å². The Morgan fingerprint density at radius 1 is 0.455 bits per heavy atom. The highest BCUT2D eigenvalue weighted by Crippen LogP contribution is 2.44. The van der Waals surface area contributed by atoms with Crippen LogP contribution in [0.4, 0.5) is 0 Å². The molecule has 0 aliphatic rings. The van der Waals surface area contributed by atoms with E-state index in [1.165, 1.54) is 5.56 Å². The fraction of sp³-hybridized carbons (Fsp3) is 0. The van der Waals surface area contributed by atoms with Crippen molar-refractivity contribution in [1.29, 1.82) is 0 Å². The molecule has 33 heavy (non-hydrogen) atoms. The third kappa shape index (κ3) is 2.73. The largest absolute Gasteiger partial charge is 0.456 e. The zero-order valence-corrected chi connectivity index (χ0v) is 17.6. The van der Waals surface area contributed by atoms with Crippen molar-refractivity contribution in [2.45, 2.75) is 0 Å². The van der Waals surface area contributed by atoms with E-state index in [-0.39, 0.29) is 29.8 Å². The van der Waals surface area contributed by atoms with Crippen molar-refractivity contribution in [3.63, 3.8) is 0 Å². The van der Waals surface area contributed by atoms with Crippen LogP contribution in [0.2, 0.25) is 0 Å². The summed E-state index contributed by atoms with van der Waals surface area (Å²) in [5.41, 5.74) is 5.15. The van der Waals surface area contributed by atoms with Gasteiger partial charge in [0, 0.05) is 10.8 Å². The molecule has 0 fully saturated rings. The summed E-state index contributed by atoms with van der Waals surface area (Å²) in [6.45, 7) is 0. The van der Waals surface area contributed by atoms with Crippen molar-refractivity contribution in [3.05, 3.63) is 121 Å². The Bertz CT molecular complexity index is 1970. The van der Waals surface area contributed by atoms with Gasteiger partial charge in [0.1, 0.15) is 11.2 Å². The molecule has 1 heteroatoms. The first-order valence-electron chi connectivity index (χ1n) is 13.0. The second kappa shape index (κ2) is 7.08. The van der Waals surface area contributed by atoms with Gasteiger partial charge in [0.2, 0.25) is 0 Å². The van der Waals surface area contributed by atoms with E-state index in [1.807, 2.05) is 24.3 Å². The van der Waals surface area contributed by atoms with E-state index in [0.29, 0.717) is 16.4 Å². The lowest BCUT2D eigenvalue weighted by atomic mass is 9.86. The molecule has 0 N–H and O–H groups in total. The van der Waals surface area contributed by atoms with Gasteiger partial charge in [-0.05, 0) is 62.0 Å². The van der Waals surface area contributed by atoms with Crippen molar-refractivity contribution in [3.8, 4) is 22.3 Å². The molecule has 0 atom stereocenters. The molecular formula is C32H20O. The summed E-state index contributed by atoms with van der Waals surface area (Å²) in [6.07, 6.45) is 0. The molecular weight excluding hydrogens is 400 g/mol. The fourth-order valence-electron chi connectivity index (χ4n) is 5.00. The molecule has 1 nitrogen and oxygen atoms in total. The lowest BCUT2D eigenvalue weighted by Gasteiger charge is -2.17. The van der Waals surface area contributed by atoms with Crippen molar-refractivity contribution < 1.29 is 9.90 Å². The smallest absolute Gasteiger partial charge is 0.136 e. The van der Waals surface area contributed by atoms with Crippen LogP contribution >= 0.6 is 0 Å². The van der Waals surface area contributed by atoms with Crippen LogP contribution < -0.4 is 0 Å². The highest BCUT2D eigenvalue weighted by molar-refractivity contribution is 6.22. The normalized spacial score (nSPS) is 13.3. The van der Waals surface area contributed by atoms with Crippen molar-refractivity contribution in [1.82, 2.24) is 0 Å². The number of benzene rings is 6. The Labute approximate surface area is 197 Å². The van der Waals surface area contributed by atoms with Gasteiger partial charge < -0.3 is 4.42 Å². The minimum atomic E-state index is -0.287. The average molecular weight is 425 g/mol. The van der Waals surface area contributed by atoms with E-state index in [2.05, 4.69) is 72.8 Å². The minimum Gasteiger partial charge on any atom is -0.456 e. The van der Waals surface area contributed by atoms with Gasteiger partial charge in [-0.15, -0.1) is 0 Å². The van der Waals surface area contributed by atoms with E-state index in [0.717, 1.165) is 38.2 Å². The van der Waals surface area contributed by atoms with Crippen LogP contribution in [0.25, 0.3) is 65.7 Å². The number of furan rings is 1. The summed E-state index contributed by atoms with van der Waals surface area (Å²) in [7, 11) is 0. The first-order chi connectivity index (χ1) is 18.0. The summed E-state index contributed by atoms with van der Waals surface area (Å²) in [5.74, 6) is 0. The maximum atomic E-state index is 8.41. The zero-order valence-electron chi connectivity index (χ0n) is 21.6. The number of hydrogen-bond donors (Lipinski definition) is 0. The van der Waals surface area contributed by atoms with Crippen LogP contribution in [-0.4, -0.2) is 0 Å². The molecule has 0 aliphatic heterocycles. The standard InChI is InChI=1S/C32H20O/c1-2-10-21(11-3-1)31-25-13-4-6-15-27(25)32(28-16-7-5-14-26(28)31)22-18-19-24-23-12-8-9-17-29(23)33-30(24)20-22/h1-20H/i8D,9D,12D,17D. The Kier molecular flexibility index (Phi) is 3.14. The second-order valence-corrected chi connectivity index (χ2v) is 8.22. The van der Waals surface area contributed by atoms with Gasteiger partial charge in [-0.3, -0.25) is 0 Å². The molecule has 1 aromatic heterocycles. The molecule has 0 spiro atoms. The van der Waals surface area contributed by atoms with Gasteiger partial charge in [0.15, 0.2) is 0 Å². The Hall–Kier alpha value is -4.36.